The smallest absolute Gasteiger partial charge is 0.348 e. The van der Waals surface area contributed by atoms with Crippen LogP contribution in [0.25, 0.3) is 0 Å². The van der Waals surface area contributed by atoms with Crippen LogP contribution in [0.2, 0.25) is 0 Å². The monoisotopic (exact) mass is 245 g/mol. The fourth-order valence-electron chi connectivity index (χ4n) is 1.48. The molecular formula is C11H11N5O2. The minimum absolute atomic E-state index is 0.0892. The number of amidine groups is 2. The summed E-state index contributed by atoms with van der Waals surface area (Å²) < 4.78 is 0. The largest absolute Gasteiger partial charge is 0.385 e. The third-order valence-corrected chi connectivity index (χ3v) is 2.39. The minimum Gasteiger partial charge on any atom is -0.385 e. The van der Waals surface area contributed by atoms with E-state index in [-0.39, 0.29) is 11.7 Å². The molecule has 7 nitrogen and oxygen atoms in total. The summed E-state index contributed by atoms with van der Waals surface area (Å²) in [4.78, 5) is 29.4. The van der Waals surface area contributed by atoms with Gasteiger partial charge in [0, 0.05) is 0 Å². The molecule has 18 heavy (non-hydrogen) atoms. The van der Waals surface area contributed by atoms with Gasteiger partial charge >= 0.3 is 6.03 Å². The van der Waals surface area contributed by atoms with Gasteiger partial charge in [-0.3, -0.25) is 5.32 Å². The van der Waals surface area contributed by atoms with Crippen molar-refractivity contribution in [3.05, 3.63) is 34.7 Å². The van der Waals surface area contributed by atoms with Gasteiger partial charge < -0.3 is 5.73 Å². The number of amides is 2. The molecule has 0 aromatic heterocycles. The van der Waals surface area contributed by atoms with Gasteiger partial charge in [0.15, 0.2) is 0 Å². The zero-order valence-electron chi connectivity index (χ0n) is 9.62. The first-order valence-electron chi connectivity index (χ1n) is 5.23. The van der Waals surface area contributed by atoms with E-state index in [1.807, 2.05) is 19.1 Å². The summed E-state index contributed by atoms with van der Waals surface area (Å²) in [6, 6.07) is 5.55. The summed E-state index contributed by atoms with van der Waals surface area (Å²) in [7, 11) is 0. The summed E-state index contributed by atoms with van der Waals surface area (Å²) in [6.07, 6.45) is 0. The number of nitrogens with one attached hydrogen (secondary N) is 1. The molecule has 3 N–H and O–H groups in total. The topological polar surface area (TPSA) is 109 Å². The van der Waals surface area contributed by atoms with Crippen LogP contribution in [-0.2, 0) is 0 Å². The number of aliphatic imine (C=N–C) groups is 2. The van der Waals surface area contributed by atoms with Gasteiger partial charge in [-0.2, -0.15) is 4.99 Å². The average Bonchev–Trinajstić information content (AvgIpc) is 2.32. The molecule has 7 heteroatoms. The van der Waals surface area contributed by atoms with E-state index >= 15 is 0 Å². The highest BCUT2D eigenvalue weighted by Crippen LogP contribution is 2.14. The molecule has 92 valence electrons. The molecule has 1 aliphatic rings. The molecule has 0 aliphatic carbocycles. The summed E-state index contributed by atoms with van der Waals surface area (Å²) in [5, 5.41) is 5.17. The van der Waals surface area contributed by atoms with Gasteiger partial charge in [0.25, 0.3) is 0 Å². The van der Waals surface area contributed by atoms with Crippen LogP contribution in [-0.4, -0.2) is 23.7 Å². The molecule has 1 aromatic rings. The van der Waals surface area contributed by atoms with Gasteiger partial charge in [-0.1, -0.05) is 22.9 Å². The van der Waals surface area contributed by atoms with E-state index in [0.29, 0.717) is 5.69 Å². The first-order valence-corrected chi connectivity index (χ1v) is 5.23. The van der Waals surface area contributed by atoms with E-state index in [9.17, 15) is 9.70 Å². The molecule has 0 spiro atoms. The molecule has 1 aromatic carbocycles. The lowest BCUT2D eigenvalue weighted by molar-refractivity contribution is 0.252. The maximum absolute atomic E-state index is 11.2. The molecule has 1 unspecified atom stereocenters. The SMILES string of the molecule is Cc1ccc(N=C2NC(=O)N=C(N)C2N=O)cc1. The fraction of sp³-hybridized carbons (Fsp3) is 0.182. The van der Waals surface area contributed by atoms with Gasteiger partial charge in [0.05, 0.1) is 5.69 Å². The maximum Gasteiger partial charge on any atom is 0.348 e. The van der Waals surface area contributed by atoms with Crippen molar-refractivity contribution in [2.75, 3.05) is 0 Å². The van der Waals surface area contributed by atoms with Crippen molar-refractivity contribution < 1.29 is 4.79 Å². The molecule has 1 aliphatic heterocycles. The molecule has 0 saturated carbocycles. The Morgan fingerprint density at radius 1 is 1.33 bits per heavy atom. The van der Waals surface area contributed by atoms with Crippen molar-refractivity contribution in [2.45, 2.75) is 13.0 Å². The standard InChI is InChI=1S/C11H11N5O2/c1-6-2-4-7(5-3-6)13-10-8(16-18)9(12)14-11(17)15-10/h2-5,8H,1H3,(H3,12,13,14,15,17). The molecule has 1 atom stereocenters. The number of nitrogens with zero attached hydrogens (tertiary/aromatic N) is 3. The first kappa shape index (κ1) is 11.9. The van der Waals surface area contributed by atoms with E-state index < -0.39 is 12.1 Å². The van der Waals surface area contributed by atoms with E-state index in [4.69, 9.17) is 5.73 Å². The summed E-state index contributed by atoms with van der Waals surface area (Å²) in [6.45, 7) is 1.94. The number of urea groups is 1. The zero-order valence-corrected chi connectivity index (χ0v) is 9.62. The molecule has 0 saturated heterocycles. The molecule has 2 amide bonds. The molecule has 0 fully saturated rings. The molecule has 2 rings (SSSR count). The number of aryl methyl sites for hydroxylation is 1. The second-order valence-corrected chi connectivity index (χ2v) is 3.81. The molecular weight excluding hydrogens is 234 g/mol. The normalized spacial score (nSPS) is 21.4. The van der Waals surface area contributed by atoms with Crippen molar-refractivity contribution in [3.63, 3.8) is 0 Å². The van der Waals surface area contributed by atoms with Gasteiger partial charge in [-0.25, -0.2) is 9.79 Å². The maximum atomic E-state index is 11.2. The highest BCUT2D eigenvalue weighted by atomic mass is 16.3. The van der Waals surface area contributed by atoms with Crippen LogP contribution in [0.5, 0.6) is 0 Å². The third-order valence-electron chi connectivity index (χ3n) is 2.39. The molecule has 1 heterocycles. The number of nitrogens with two attached hydrogens (primary N) is 1. The zero-order chi connectivity index (χ0) is 13.1. The summed E-state index contributed by atoms with van der Waals surface area (Å²) in [5.74, 6) is -0.0639. The Balaban J connectivity index is 2.36. The number of nitroso groups, excluding NO2 is 1. The lowest BCUT2D eigenvalue weighted by Gasteiger charge is -2.16. The molecule has 0 radical (unpaired) electrons. The lowest BCUT2D eigenvalue weighted by atomic mass is 10.2. The van der Waals surface area contributed by atoms with E-state index in [0.717, 1.165) is 5.56 Å². The van der Waals surface area contributed by atoms with Crippen LogP contribution in [0, 0.1) is 11.8 Å². The van der Waals surface area contributed by atoms with Crippen LogP contribution < -0.4 is 11.1 Å². The number of rotatable bonds is 2. The highest BCUT2D eigenvalue weighted by molar-refractivity contribution is 6.20. The lowest BCUT2D eigenvalue weighted by Crippen LogP contribution is -2.48. The number of carbonyl (C=O) groups is 1. The Bertz CT molecular complexity index is 547. The summed E-state index contributed by atoms with van der Waals surface area (Å²) >= 11 is 0. The van der Waals surface area contributed by atoms with Crippen molar-refractivity contribution in [2.24, 2.45) is 20.9 Å². The van der Waals surface area contributed by atoms with Gasteiger partial charge in [-0.05, 0) is 19.1 Å². The van der Waals surface area contributed by atoms with Crippen molar-refractivity contribution in [3.8, 4) is 0 Å². The third kappa shape index (κ3) is 2.40. The van der Waals surface area contributed by atoms with Crippen LogP contribution in [0.3, 0.4) is 0 Å². The summed E-state index contributed by atoms with van der Waals surface area (Å²) in [5.41, 5.74) is 7.14. The fourth-order valence-corrected chi connectivity index (χ4v) is 1.48. The number of hydrogen-bond donors (Lipinski definition) is 2. The Morgan fingerprint density at radius 3 is 2.61 bits per heavy atom. The Hall–Kier alpha value is -2.57. The highest BCUT2D eigenvalue weighted by Gasteiger charge is 2.28. The predicted molar refractivity (Wildman–Crippen MR) is 68.0 cm³/mol. The molecule has 0 bridgehead atoms. The van der Waals surface area contributed by atoms with Crippen molar-refractivity contribution in [1.29, 1.82) is 0 Å². The quantitative estimate of drug-likeness (QED) is 0.765. The number of hydrogen-bond acceptors (Lipinski definition) is 5. The Kier molecular flexibility index (Phi) is 3.13. The minimum atomic E-state index is -1.05. The van der Waals surface area contributed by atoms with E-state index in [1.54, 1.807) is 12.1 Å². The van der Waals surface area contributed by atoms with Crippen molar-refractivity contribution >= 4 is 23.4 Å². The van der Waals surface area contributed by atoms with Gasteiger partial charge in [0.2, 0.25) is 6.04 Å². The Morgan fingerprint density at radius 2 is 2.00 bits per heavy atom. The average molecular weight is 245 g/mol. The number of benzene rings is 1. The van der Waals surface area contributed by atoms with E-state index in [2.05, 4.69) is 20.5 Å². The first-order chi connectivity index (χ1) is 8.60. The van der Waals surface area contributed by atoms with Crippen LogP contribution in [0.1, 0.15) is 5.56 Å². The van der Waals surface area contributed by atoms with Crippen molar-refractivity contribution in [1.82, 2.24) is 5.32 Å². The van der Waals surface area contributed by atoms with Crippen LogP contribution >= 0.6 is 0 Å². The Labute approximate surface area is 103 Å². The van der Waals surface area contributed by atoms with E-state index in [1.165, 1.54) is 0 Å². The van der Waals surface area contributed by atoms with Crippen LogP contribution in [0.15, 0.2) is 39.4 Å². The van der Waals surface area contributed by atoms with Gasteiger partial charge in [-0.15, -0.1) is 4.91 Å². The van der Waals surface area contributed by atoms with Crippen LogP contribution in [0.4, 0.5) is 10.5 Å². The second-order valence-electron chi connectivity index (χ2n) is 3.81. The number of carbonyl (C=O) groups excluding carboxylic acids is 1. The predicted octanol–water partition coefficient (Wildman–Crippen LogP) is 1.24. The second kappa shape index (κ2) is 4.74. The van der Waals surface area contributed by atoms with Gasteiger partial charge in [0.1, 0.15) is 11.7 Å².